The lowest BCUT2D eigenvalue weighted by atomic mass is 10.1. The van der Waals surface area contributed by atoms with Crippen LogP contribution in [0.2, 0.25) is 0 Å². The van der Waals surface area contributed by atoms with Gasteiger partial charge >= 0.3 is 0 Å². The van der Waals surface area contributed by atoms with E-state index in [-0.39, 0.29) is 0 Å². The summed E-state index contributed by atoms with van der Waals surface area (Å²) in [6.07, 6.45) is 13.0. The number of aromatic nitrogens is 2. The number of hydrogen-bond donors (Lipinski definition) is 0. The van der Waals surface area contributed by atoms with Crippen LogP contribution in [-0.2, 0) is 12.8 Å². The molecule has 0 aliphatic carbocycles. The van der Waals surface area contributed by atoms with E-state index in [1.165, 1.54) is 70.8 Å². The largest absolute Gasteiger partial charge is 0.241 e. The highest BCUT2D eigenvalue weighted by Crippen LogP contribution is 2.24. The summed E-state index contributed by atoms with van der Waals surface area (Å²) in [7, 11) is 0. The Morgan fingerprint density at radius 1 is 0.500 bits per heavy atom. The lowest BCUT2D eigenvalue weighted by Crippen LogP contribution is -1.87. The number of thiazole rings is 2. The maximum Gasteiger partial charge on any atom is 0.0938 e. The molecule has 28 heavy (non-hydrogen) atoms. The molecule has 0 N–H and O–H groups in total. The summed E-state index contributed by atoms with van der Waals surface area (Å²) in [5.41, 5.74) is 2.32. The smallest absolute Gasteiger partial charge is 0.0938 e. The van der Waals surface area contributed by atoms with Crippen LogP contribution < -0.4 is 0 Å². The topological polar surface area (TPSA) is 25.8 Å². The van der Waals surface area contributed by atoms with Crippen molar-refractivity contribution in [3.63, 3.8) is 0 Å². The van der Waals surface area contributed by atoms with E-state index in [9.17, 15) is 0 Å². The van der Waals surface area contributed by atoms with E-state index in [0.29, 0.717) is 0 Å². The first-order chi connectivity index (χ1) is 13.9. The van der Waals surface area contributed by atoms with Gasteiger partial charge in [-0.15, -0.1) is 22.7 Å². The highest BCUT2D eigenvalue weighted by molar-refractivity contribution is 7.18. The van der Waals surface area contributed by atoms with Gasteiger partial charge in [-0.1, -0.05) is 62.8 Å². The van der Waals surface area contributed by atoms with E-state index in [4.69, 9.17) is 9.97 Å². The van der Waals surface area contributed by atoms with E-state index in [2.05, 4.69) is 48.5 Å². The number of para-hydroxylation sites is 2. The predicted molar refractivity (Wildman–Crippen MR) is 124 cm³/mol. The third kappa shape index (κ3) is 5.39. The van der Waals surface area contributed by atoms with Crippen molar-refractivity contribution in [2.24, 2.45) is 0 Å². The van der Waals surface area contributed by atoms with E-state index >= 15 is 0 Å². The van der Waals surface area contributed by atoms with Crippen LogP contribution in [0.5, 0.6) is 0 Å². The summed E-state index contributed by atoms with van der Waals surface area (Å²) >= 11 is 3.72. The summed E-state index contributed by atoms with van der Waals surface area (Å²) in [4.78, 5) is 9.47. The summed E-state index contributed by atoms with van der Waals surface area (Å²) in [6.45, 7) is 0. The average molecular weight is 409 g/mol. The maximum absolute atomic E-state index is 4.73. The quantitative estimate of drug-likeness (QED) is 0.236. The van der Waals surface area contributed by atoms with Crippen molar-refractivity contribution in [1.82, 2.24) is 9.97 Å². The van der Waals surface area contributed by atoms with Crippen LogP contribution in [0.15, 0.2) is 48.5 Å². The zero-order valence-corrected chi connectivity index (χ0v) is 18.0. The normalized spacial score (nSPS) is 11.6. The average Bonchev–Trinajstić information content (AvgIpc) is 3.32. The molecule has 2 aromatic carbocycles. The van der Waals surface area contributed by atoms with Crippen LogP contribution in [0.3, 0.4) is 0 Å². The van der Waals surface area contributed by atoms with Gasteiger partial charge in [-0.25, -0.2) is 9.97 Å². The summed E-state index contributed by atoms with van der Waals surface area (Å²) in [5, 5.41) is 2.60. The molecule has 0 amide bonds. The summed E-state index contributed by atoms with van der Waals surface area (Å²) in [5.74, 6) is 0. The fourth-order valence-electron chi connectivity index (χ4n) is 3.67. The number of fused-ring (bicyclic) bond motifs is 2. The summed E-state index contributed by atoms with van der Waals surface area (Å²) < 4.78 is 2.65. The van der Waals surface area contributed by atoms with Gasteiger partial charge in [-0.05, 0) is 49.9 Å². The second-order valence-corrected chi connectivity index (χ2v) is 9.71. The second kappa shape index (κ2) is 10.1. The zero-order valence-electron chi connectivity index (χ0n) is 16.4. The molecule has 0 saturated heterocycles. The van der Waals surface area contributed by atoms with Crippen LogP contribution in [0.4, 0.5) is 0 Å². The number of nitrogens with zero attached hydrogens (tertiary/aromatic N) is 2. The maximum atomic E-state index is 4.73. The highest BCUT2D eigenvalue weighted by Gasteiger charge is 2.04. The number of aryl methyl sites for hydroxylation is 2. The van der Waals surface area contributed by atoms with Gasteiger partial charge < -0.3 is 0 Å². The molecular weight excluding hydrogens is 380 g/mol. The number of rotatable bonds is 11. The first-order valence-corrected chi connectivity index (χ1v) is 12.2. The molecule has 4 aromatic rings. The van der Waals surface area contributed by atoms with Crippen molar-refractivity contribution in [1.29, 1.82) is 0 Å². The molecule has 0 bridgehead atoms. The van der Waals surface area contributed by atoms with Gasteiger partial charge in [0.25, 0.3) is 0 Å². The Morgan fingerprint density at radius 3 is 1.32 bits per heavy atom. The van der Waals surface area contributed by atoms with Crippen molar-refractivity contribution in [2.75, 3.05) is 0 Å². The van der Waals surface area contributed by atoms with Gasteiger partial charge in [0.15, 0.2) is 0 Å². The van der Waals surface area contributed by atoms with E-state index in [1.807, 2.05) is 22.7 Å². The van der Waals surface area contributed by atoms with Crippen molar-refractivity contribution >= 4 is 43.1 Å². The molecule has 0 fully saturated rings. The third-order valence-corrected chi connectivity index (χ3v) is 7.40. The van der Waals surface area contributed by atoms with Gasteiger partial charge in [0, 0.05) is 0 Å². The predicted octanol–water partition coefficient (Wildman–Crippen LogP) is 7.81. The molecule has 4 heteroatoms. The lowest BCUT2D eigenvalue weighted by molar-refractivity contribution is 0.567. The molecule has 0 radical (unpaired) electrons. The standard InChI is InChI=1S/C24H28N2S2/c1(3-5-7-17-23-25-19-13-9-11-15-21(19)27-23)2-4-6-8-18-24-26-20-14-10-12-16-22(20)28-24/h9-16H,1-8,17-18H2. The molecule has 2 heterocycles. The van der Waals surface area contributed by atoms with Gasteiger partial charge in [-0.2, -0.15) is 0 Å². The first-order valence-electron chi connectivity index (χ1n) is 10.6. The number of benzene rings is 2. The van der Waals surface area contributed by atoms with Crippen LogP contribution in [0.1, 0.15) is 61.4 Å². The fourth-order valence-corrected chi connectivity index (χ4v) is 5.69. The van der Waals surface area contributed by atoms with Crippen LogP contribution in [-0.4, -0.2) is 9.97 Å². The van der Waals surface area contributed by atoms with Crippen molar-refractivity contribution in [2.45, 2.75) is 64.2 Å². The molecule has 4 rings (SSSR count). The minimum absolute atomic E-state index is 1.14. The zero-order chi connectivity index (χ0) is 19.0. The van der Waals surface area contributed by atoms with Crippen LogP contribution in [0, 0.1) is 0 Å². The first kappa shape index (κ1) is 19.5. The molecule has 0 saturated carbocycles. The van der Waals surface area contributed by atoms with Gasteiger partial charge in [0.2, 0.25) is 0 Å². The minimum Gasteiger partial charge on any atom is -0.241 e. The van der Waals surface area contributed by atoms with Crippen molar-refractivity contribution in [3.8, 4) is 0 Å². The highest BCUT2D eigenvalue weighted by atomic mass is 32.1. The number of hydrogen-bond acceptors (Lipinski definition) is 4. The molecule has 0 atom stereocenters. The molecule has 0 unspecified atom stereocenters. The minimum atomic E-state index is 1.14. The third-order valence-electron chi connectivity index (χ3n) is 5.21. The Bertz CT molecular complexity index is 854. The fraction of sp³-hybridized carbons (Fsp3) is 0.417. The number of unbranched alkanes of at least 4 members (excludes halogenated alkanes) is 7. The molecule has 0 spiro atoms. The second-order valence-electron chi connectivity index (χ2n) is 7.48. The van der Waals surface area contributed by atoms with Gasteiger partial charge in [0.1, 0.15) is 0 Å². The van der Waals surface area contributed by atoms with Gasteiger partial charge in [-0.3, -0.25) is 0 Å². The SMILES string of the molecule is c1ccc2sc(CCCCCCCCCCc3nc4ccccc4s3)nc2c1. The molecule has 146 valence electrons. The Labute approximate surface area is 175 Å². The van der Waals surface area contributed by atoms with Crippen molar-refractivity contribution < 1.29 is 0 Å². The van der Waals surface area contributed by atoms with Crippen molar-refractivity contribution in [3.05, 3.63) is 58.5 Å². The van der Waals surface area contributed by atoms with Crippen LogP contribution >= 0.6 is 22.7 Å². The Balaban J connectivity index is 1.03. The molecule has 0 aliphatic heterocycles. The Morgan fingerprint density at radius 2 is 0.893 bits per heavy atom. The molecule has 2 aromatic heterocycles. The van der Waals surface area contributed by atoms with Crippen LogP contribution in [0.25, 0.3) is 20.4 Å². The van der Waals surface area contributed by atoms with E-state index in [1.54, 1.807) is 0 Å². The molecule has 2 nitrogen and oxygen atoms in total. The molecular formula is C24H28N2S2. The monoisotopic (exact) mass is 408 g/mol. The lowest BCUT2D eigenvalue weighted by Gasteiger charge is -2.01. The van der Waals surface area contributed by atoms with Gasteiger partial charge in [0.05, 0.1) is 30.4 Å². The summed E-state index contributed by atoms with van der Waals surface area (Å²) in [6, 6.07) is 16.9. The Kier molecular flexibility index (Phi) is 7.07. The Hall–Kier alpha value is -1.78. The van der Waals surface area contributed by atoms with E-state index in [0.717, 1.165) is 23.9 Å². The van der Waals surface area contributed by atoms with E-state index < -0.39 is 0 Å². The molecule has 0 aliphatic rings.